The number of hydrogen-bond acceptors (Lipinski definition) is 11. The molecular weight excluding hydrogens is 548 g/mol. The third-order valence-electron chi connectivity index (χ3n) is 7.33. The van der Waals surface area contributed by atoms with Crippen molar-refractivity contribution in [3.05, 3.63) is 77.1 Å². The minimum atomic E-state index is -0.262. The zero-order chi connectivity index (χ0) is 30.2. The number of nitrogens with zero attached hydrogens (tertiary/aromatic N) is 6. The van der Waals surface area contributed by atoms with Crippen LogP contribution < -0.4 is 19.1 Å². The fourth-order valence-electron chi connectivity index (χ4n) is 4.99. The molecule has 4 aromatic rings. The predicted octanol–water partition coefficient (Wildman–Crippen LogP) is 3.77. The maximum atomic E-state index is 11.0. The molecule has 0 saturated carbocycles. The number of pyridine rings is 1. The van der Waals surface area contributed by atoms with Crippen molar-refractivity contribution in [1.29, 1.82) is 5.26 Å². The molecule has 3 heterocycles. The van der Waals surface area contributed by atoms with Gasteiger partial charge in [0.1, 0.15) is 30.6 Å². The van der Waals surface area contributed by atoms with Crippen LogP contribution in [0.15, 0.2) is 54.9 Å². The minimum Gasteiger partial charge on any atom is -0.493 e. The van der Waals surface area contributed by atoms with Crippen molar-refractivity contribution in [2.45, 2.75) is 20.0 Å². The number of rotatable bonds is 11. The Balaban J connectivity index is 1.29. The summed E-state index contributed by atoms with van der Waals surface area (Å²) < 4.78 is 21.8. The molecule has 5 rings (SSSR count). The zero-order valence-corrected chi connectivity index (χ0v) is 24.6. The number of piperazine rings is 1. The van der Waals surface area contributed by atoms with E-state index in [-0.39, 0.29) is 5.97 Å². The van der Waals surface area contributed by atoms with E-state index in [1.165, 1.54) is 6.92 Å². The number of fused-ring (bicyclic) bond motifs is 1. The van der Waals surface area contributed by atoms with Crippen molar-refractivity contribution in [2.75, 3.05) is 58.5 Å². The smallest absolute Gasteiger partial charge is 0.302 e. The number of ether oxygens (including phenoxy) is 4. The molecule has 0 aliphatic carbocycles. The first-order valence-electron chi connectivity index (χ1n) is 14.1. The van der Waals surface area contributed by atoms with Crippen molar-refractivity contribution < 1.29 is 23.7 Å². The molecule has 11 nitrogen and oxygen atoms in total. The topological polar surface area (TPSA) is 123 Å². The lowest BCUT2D eigenvalue weighted by Crippen LogP contribution is -2.47. The van der Waals surface area contributed by atoms with Gasteiger partial charge in [0.2, 0.25) is 5.88 Å². The van der Waals surface area contributed by atoms with Crippen LogP contribution in [0.4, 0.5) is 5.82 Å². The first-order valence-corrected chi connectivity index (χ1v) is 14.1. The average molecular weight is 583 g/mol. The molecule has 0 spiro atoms. The van der Waals surface area contributed by atoms with Gasteiger partial charge in [0.25, 0.3) is 0 Å². The molecule has 2 aromatic carbocycles. The normalized spacial score (nSPS) is 13.4. The Kier molecular flexibility index (Phi) is 9.49. The zero-order valence-electron chi connectivity index (χ0n) is 24.6. The third kappa shape index (κ3) is 7.28. The summed E-state index contributed by atoms with van der Waals surface area (Å²) in [6, 6.07) is 15.7. The van der Waals surface area contributed by atoms with E-state index in [4.69, 9.17) is 23.9 Å². The van der Waals surface area contributed by atoms with E-state index in [0.29, 0.717) is 60.2 Å². The molecule has 11 heteroatoms. The Labute approximate surface area is 250 Å². The highest BCUT2D eigenvalue weighted by Crippen LogP contribution is 2.31. The van der Waals surface area contributed by atoms with Gasteiger partial charge in [0.15, 0.2) is 11.5 Å². The molecule has 222 valence electrons. The lowest BCUT2D eigenvalue weighted by atomic mass is 9.98. The van der Waals surface area contributed by atoms with Crippen LogP contribution in [0.25, 0.3) is 11.0 Å². The van der Waals surface area contributed by atoms with Crippen LogP contribution >= 0.6 is 0 Å². The van der Waals surface area contributed by atoms with Gasteiger partial charge in [-0.3, -0.25) is 14.7 Å². The average Bonchev–Trinajstić information content (AvgIpc) is 3.04. The third-order valence-corrected chi connectivity index (χ3v) is 7.33. The fraction of sp³-hybridized carbons (Fsp3) is 0.344. The number of hydrogen-bond donors (Lipinski definition) is 0. The number of benzene rings is 2. The van der Waals surface area contributed by atoms with E-state index < -0.39 is 0 Å². The summed E-state index contributed by atoms with van der Waals surface area (Å²) in [4.78, 5) is 29.2. The highest BCUT2D eigenvalue weighted by atomic mass is 16.5. The van der Waals surface area contributed by atoms with Crippen molar-refractivity contribution in [2.24, 2.45) is 0 Å². The van der Waals surface area contributed by atoms with Gasteiger partial charge in [0, 0.05) is 57.5 Å². The molecule has 1 saturated heterocycles. The van der Waals surface area contributed by atoms with E-state index in [0.717, 1.165) is 48.7 Å². The number of anilines is 1. The van der Waals surface area contributed by atoms with Crippen LogP contribution in [-0.2, 0) is 22.6 Å². The number of esters is 1. The molecule has 1 aliphatic heterocycles. The van der Waals surface area contributed by atoms with E-state index in [9.17, 15) is 10.1 Å². The Morgan fingerprint density at radius 1 is 0.953 bits per heavy atom. The Hall–Kier alpha value is -4.95. The lowest BCUT2D eigenvalue weighted by Gasteiger charge is -2.35. The minimum absolute atomic E-state index is 0.262. The van der Waals surface area contributed by atoms with Crippen LogP contribution in [0, 0.1) is 11.3 Å². The summed E-state index contributed by atoms with van der Waals surface area (Å²) in [7, 11) is 3.18. The summed E-state index contributed by atoms with van der Waals surface area (Å²) >= 11 is 0. The molecule has 0 unspecified atom stereocenters. The Bertz CT molecular complexity index is 1610. The molecule has 2 aromatic heterocycles. The second-order valence-corrected chi connectivity index (χ2v) is 10.1. The molecule has 1 fully saturated rings. The van der Waals surface area contributed by atoms with Gasteiger partial charge in [-0.1, -0.05) is 12.1 Å². The van der Waals surface area contributed by atoms with Crippen molar-refractivity contribution >= 4 is 22.8 Å². The number of methoxy groups -OCH3 is 2. The summed E-state index contributed by atoms with van der Waals surface area (Å²) in [5.74, 6) is 2.25. The molecular formula is C32H34N6O5. The fourth-order valence-corrected chi connectivity index (χ4v) is 4.99. The van der Waals surface area contributed by atoms with Gasteiger partial charge in [-0.25, -0.2) is 9.97 Å². The van der Waals surface area contributed by atoms with Crippen LogP contribution in [0.3, 0.4) is 0 Å². The van der Waals surface area contributed by atoms with E-state index in [1.807, 2.05) is 36.4 Å². The molecule has 43 heavy (non-hydrogen) atoms. The maximum Gasteiger partial charge on any atom is 0.302 e. The van der Waals surface area contributed by atoms with Gasteiger partial charge in [-0.2, -0.15) is 5.26 Å². The summed E-state index contributed by atoms with van der Waals surface area (Å²) in [5, 5.41) is 10.2. The van der Waals surface area contributed by atoms with E-state index >= 15 is 0 Å². The molecule has 0 amide bonds. The van der Waals surface area contributed by atoms with Crippen LogP contribution in [0.5, 0.6) is 17.4 Å². The Morgan fingerprint density at radius 3 is 2.47 bits per heavy atom. The summed E-state index contributed by atoms with van der Waals surface area (Å²) in [6.07, 6.45) is 4.00. The highest BCUT2D eigenvalue weighted by Gasteiger charge is 2.20. The van der Waals surface area contributed by atoms with E-state index in [1.54, 1.807) is 32.7 Å². The maximum absolute atomic E-state index is 11.0. The molecule has 0 atom stereocenters. The second kappa shape index (κ2) is 13.8. The summed E-state index contributed by atoms with van der Waals surface area (Å²) in [5.41, 5.74) is 4.52. The van der Waals surface area contributed by atoms with Gasteiger partial charge < -0.3 is 23.8 Å². The van der Waals surface area contributed by atoms with Gasteiger partial charge in [-0.15, -0.1) is 0 Å². The molecule has 0 radical (unpaired) electrons. The van der Waals surface area contributed by atoms with Crippen LogP contribution in [-0.4, -0.2) is 79.4 Å². The molecule has 0 N–H and O–H groups in total. The monoisotopic (exact) mass is 582 g/mol. The van der Waals surface area contributed by atoms with Gasteiger partial charge in [0.05, 0.1) is 31.5 Å². The predicted molar refractivity (Wildman–Crippen MR) is 160 cm³/mol. The van der Waals surface area contributed by atoms with Crippen molar-refractivity contribution in [3.8, 4) is 23.4 Å². The highest BCUT2D eigenvalue weighted by molar-refractivity contribution is 5.83. The van der Waals surface area contributed by atoms with Crippen LogP contribution in [0.1, 0.15) is 29.2 Å². The number of carbonyl (C=O) groups is 1. The molecule has 0 bridgehead atoms. The first-order chi connectivity index (χ1) is 21.0. The second-order valence-electron chi connectivity index (χ2n) is 10.1. The first kappa shape index (κ1) is 29.5. The molecule has 1 aliphatic rings. The lowest BCUT2D eigenvalue weighted by molar-refractivity contribution is -0.141. The van der Waals surface area contributed by atoms with E-state index in [2.05, 4.69) is 25.8 Å². The number of carbonyl (C=O) groups excluding carboxylic acids is 1. The largest absolute Gasteiger partial charge is 0.493 e. The number of aromatic nitrogens is 3. The quantitative estimate of drug-likeness (QED) is 0.240. The standard InChI is InChI=1S/C32H34N6O5/c1-22(39)42-15-14-37-10-12-38(13-11-37)30-20-34-27-7-6-25(26(18-33)32(27)36-30)16-23-4-8-28(29(17-23)40-2)43-21-24-5-9-31(41-3)35-19-24/h4-9,17,19-20H,10-16,21H2,1-3H3. The number of nitriles is 1. The van der Waals surface area contributed by atoms with Crippen molar-refractivity contribution in [3.63, 3.8) is 0 Å². The SMILES string of the molecule is COc1ccc(COc2ccc(Cc3ccc4ncc(N5CCN(CCOC(C)=O)CC5)nc4c3C#N)cc2OC)cn1. The van der Waals surface area contributed by atoms with Crippen molar-refractivity contribution in [1.82, 2.24) is 19.9 Å². The van der Waals surface area contributed by atoms with Gasteiger partial charge >= 0.3 is 5.97 Å². The summed E-state index contributed by atoms with van der Waals surface area (Å²) in [6.45, 7) is 6.04. The Morgan fingerprint density at radius 2 is 1.77 bits per heavy atom. The van der Waals surface area contributed by atoms with Gasteiger partial charge in [-0.05, 0) is 41.8 Å². The van der Waals surface area contributed by atoms with Crippen LogP contribution in [0.2, 0.25) is 0 Å².